The molecule has 0 amide bonds. The summed E-state index contributed by atoms with van der Waals surface area (Å²) in [7, 11) is 0. The summed E-state index contributed by atoms with van der Waals surface area (Å²) < 4.78 is 0. The molecule has 3 N–H and O–H groups in total. The minimum absolute atomic E-state index is 0.545. The van der Waals surface area contributed by atoms with E-state index in [2.05, 4.69) is 20.3 Å². The van der Waals surface area contributed by atoms with Crippen LogP contribution in [0.25, 0.3) is 0 Å². The molecule has 0 bridgehead atoms. The van der Waals surface area contributed by atoms with E-state index >= 15 is 0 Å². The number of nitrogens with one attached hydrogen (secondary N) is 1. The summed E-state index contributed by atoms with van der Waals surface area (Å²) >= 11 is 0. The van der Waals surface area contributed by atoms with Crippen LogP contribution in [-0.4, -0.2) is 15.0 Å². The Kier molecular flexibility index (Phi) is 2.95. The number of aryl methyl sites for hydroxylation is 1. The van der Waals surface area contributed by atoms with Gasteiger partial charge in [-0.3, -0.25) is 4.98 Å². The Labute approximate surface area is 93.8 Å². The number of nitrogen functional groups attached to an aromatic ring is 1. The molecule has 0 unspecified atom stereocenters. The molecule has 0 saturated carbocycles. The molecular formula is C11H13N5. The van der Waals surface area contributed by atoms with Crippen LogP contribution in [0.3, 0.4) is 0 Å². The summed E-state index contributed by atoms with van der Waals surface area (Å²) in [5, 5.41) is 3.15. The number of hydrogen-bond donors (Lipinski definition) is 2. The molecule has 5 nitrogen and oxygen atoms in total. The lowest BCUT2D eigenvalue weighted by Gasteiger charge is -2.08. The van der Waals surface area contributed by atoms with Gasteiger partial charge in [0.15, 0.2) is 5.82 Å². The predicted molar refractivity (Wildman–Crippen MR) is 62.7 cm³/mol. The summed E-state index contributed by atoms with van der Waals surface area (Å²) in [6, 6.07) is 1.97. The summed E-state index contributed by atoms with van der Waals surface area (Å²) in [5.41, 5.74) is 8.58. The fraction of sp³-hybridized carbons (Fsp3) is 0.182. The average Bonchev–Trinajstić information content (AvgIpc) is 2.30. The first-order chi connectivity index (χ1) is 7.77. The zero-order valence-electron chi connectivity index (χ0n) is 9.01. The summed E-state index contributed by atoms with van der Waals surface area (Å²) in [6.07, 6.45) is 6.65. The van der Waals surface area contributed by atoms with Crippen LogP contribution in [0.4, 0.5) is 11.5 Å². The first-order valence-electron chi connectivity index (χ1n) is 4.96. The molecule has 2 aromatic heterocycles. The monoisotopic (exact) mass is 215 g/mol. The van der Waals surface area contributed by atoms with Crippen molar-refractivity contribution in [3.8, 4) is 0 Å². The third-order valence-corrected chi connectivity index (χ3v) is 2.33. The van der Waals surface area contributed by atoms with Crippen molar-refractivity contribution in [1.82, 2.24) is 15.0 Å². The van der Waals surface area contributed by atoms with E-state index in [1.54, 1.807) is 12.4 Å². The van der Waals surface area contributed by atoms with Crippen LogP contribution >= 0.6 is 0 Å². The SMILES string of the molecule is Cc1ccncc1CNc1ncncc1N. The fourth-order valence-corrected chi connectivity index (χ4v) is 1.35. The average molecular weight is 215 g/mol. The van der Waals surface area contributed by atoms with E-state index in [1.807, 2.05) is 19.2 Å². The molecule has 0 atom stereocenters. The van der Waals surface area contributed by atoms with Gasteiger partial charge in [0, 0.05) is 18.9 Å². The van der Waals surface area contributed by atoms with E-state index in [9.17, 15) is 0 Å². The maximum Gasteiger partial charge on any atom is 0.152 e. The highest BCUT2D eigenvalue weighted by molar-refractivity contribution is 5.59. The Hall–Kier alpha value is -2.17. The van der Waals surface area contributed by atoms with E-state index in [0.717, 1.165) is 5.56 Å². The topological polar surface area (TPSA) is 76.7 Å². The smallest absolute Gasteiger partial charge is 0.152 e. The summed E-state index contributed by atoms with van der Waals surface area (Å²) in [4.78, 5) is 12.0. The molecule has 2 aromatic rings. The molecule has 2 heterocycles. The number of anilines is 2. The lowest BCUT2D eigenvalue weighted by molar-refractivity contribution is 1.05. The molecule has 0 aliphatic carbocycles. The zero-order valence-corrected chi connectivity index (χ0v) is 9.01. The van der Waals surface area contributed by atoms with E-state index in [-0.39, 0.29) is 0 Å². The van der Waals surface area contributed by atoms with Crippen molar-refractivity contribution in [3.63, 3.8) is 0 Å². The van der Waals surface area contributed by atoms with Crippen molar-refractivity contribution in [3.05, 3.63) is 42.1 Å². The third-order valence-electron chi connectivity index (χ3n) is 2.33. The number of nitrogens with zero attached hydrogens (tertiary/aromatic N) is 3. The van der Waals surface area contributed by atoms with Gasteiger partial charge in [-0.15, -0.1) is 0 Å². The molecule has 5 heteroatoms. The standard InChI is InChI=1S/C11H13N5/c1-8-2-3-13-4-9(8)5-15-11-10(12)6-14-7-16-11/h2-4,6-7H,5,12H2,1H3,(H,14,15,16). The Bertz CT molecular complexity index is 438. The molecule has 82 valence electrons. The second-order valence-corrected chi connectivity index (χ2v) is 3.48. The summed E-state index contributed by atoms with van der Waals surface area (Å²) in [6.45, 7) is 2.70. The van der Waals surface area contributed by atoms with E-state index in [4.69, 9.17) is 5.73 Å². The van der Waals surface area contributed by atoms with Gasteiger partial charge in [-0.05, 0) is 24.1 Å². The van der Waals surface area contributed by atoms with Crippen LogP contribution in [0.2, 0.25) is 0 Å². The van der Waals surface area contributed by atoms with Crippen molar-refractivity contribution in [2.45, 2.75) is 13.5 Å². The van der Waals surface area contributed by atoms with Crippen LogP contribution in [0.5, 0.6) is 0 Å². The van der Waals surface area contributed by atoms with E-state index in [0.29, 0.717) is 18.1 Å². The quantitative estimate of drug-likeness (QED) is 0.808. The van der Waals surface area contributed by atoms with Gasteiger partial charge in [0.2, 0.25) is 0 Å². The van der Waals surface area contributed by atoms with Crippen molar-refractivity contribution in [2.75, 3.05) is 11.1 Å². The number of aromatic nitrogens is 3. The number of rotatable bonds is 3. The Morgan fingerprint density at radius 1 is 1.31 bits per heavy atom. The van der Waals surface area contributed by atoms with Gasteiger partial charge in [-0.25, -0.2) is 9.97 Å². The van der Waals surface area contributed by atoms with Crippen molar-refractivity contribution in [1.29, 1.82) is 0 Å². The van der Waals surface area contributed by atoms with Gasteiger partial charge in [0.25, 0.3) is 0 Å². The molecular weight excluding hydrogens is 202 g/mol. The van der Waals surface area contributed by atoms with Crippen LogP contribution < -0.4 is 11.1 Å². The number of pyridine rings is 1. The number of hydrogen-bond acceptors (Lipinski definition) is 5. The van der Waals surface area contributed by atoms with Crippen molar-refractivity contribution < 1.29 is 0 Å². The van der Waals surface area contributed by atoms with E-state index in [1.165, 1.54) is 11.9 Å². The lowest BCUT2D eigenvalue weighted by Crippen LogP contribution is -2.06. The fourth-order valence-electron chi connectivity index (χ4n) is 1.35. The lowest BCUT2D eigenvalue weighted by atomic mass is 10.1. The van der Waals surface area contributed by atoms with Crippen LogP contribution in [-0.2, 0) is 6.54 Å². The molecule has 0 spiro atoms. The van der Waals surface area contributed by atoms with Crippen molar-refractivity contribution >= 4 is 11.5 Å². The Balaban J connectivity index is 2.09. The highest BCUT2D eigenvalue weighted by Crippen LogP contribution is 2.13. The molecule has 0 radical (unpaired) electrons. The molecule has 0 saturated heterocycles. The Morgan fingerprint density at radius 3 is 2.94 bits per heavy atom. The molecule has 2 rings (SSSR count). The van der Waals surface area contributed by atoms with Crippen LogP contribution in [0.1, 0.15) is 11.1 Å². The van der Waals surface area contributed by atoms with Crippen molar-refractivity contribution in [2.24, 2.45) is 0 Å². The van der Waals surface area contributed by atoms with Gasteiger partial charge in [0.1, 0.15) is 6.33 Å². The molecule has 0 aliphatic heterocycles. The highest BCUT2D eigenvalue weighted by Gasteiger charge is 2.01. The molecule has 0 fully saturated rings. The predicted octanol–water partition coefficient (Wildman–Crippen LogP) is 1.37. The largest absolute Gasteiger partial charge is 0.394 e. The maximum absolute atomic E-state index is 5.72. The van der Waals surface area contributed by atoms with Gasteiger partial charge in [-0.1, -0.05) is 0 Å². The minimum atomic E-state index is 0.545. The maximum atomic E-state index is 5.72. The summed E-state index contributed by atoms with van der Waals surface area (Å²) in [5.74, 6) is 0.651. The third kappa shape index (κ3) is 2.25. The first kappa shape index (κ1) is 10.4. The van der Waals surface area contributed by atoms with Crippen LogP contribution in [0, 0.1) is 6.92 Å². The zero-order chi connectivity index (χ0) is 11.4. The van der Waals surface area contributed by atoms with Gasteiger partial charge in [-0.2, -0.15) is 0 Å². The Morgan fingerprint density at radius 2 is 2.19 bits per heavy atom. The molecule has 0 aliphatic rings. The molecule has 0 aromatic carbocycles. The van der Waals surface area contributed by atoms with E-state index < -0.39 is 0 Å². The van der Waals surface area contributed by atoms with Crippen LogP contribution in [0.15, 0.2) is 31.0 Å². The molecule has 16 heavy (non-hydrogen) atoms. The van der Waals surface area contributed by atoms with Gasteiger partial charge < -0.3 is 11.1 Å². The number of nitrogens with two attached hydrogens (primary N) is 1. The highest BCUT2D eigenvalue weighted by atomic mass is 15.0. The second kappa shape index (κ2) is 4.57. The van der Waals surface area contributed by atoms with Gasteiger partial charge >= 0.3 is 0 Å². The minimum Gasteiger partial charge on any atom is -0.394 e. The normalized spacial score (nSPS) is 10.1. The first-order valence-corrected chi connectivity index (χ1v) is 4.96. The van der Waals surface area contributed by atoms with Gasteiger partial charge in [0.05, 0.1) is 11.9 Å². The second-order valence-electron chi connectivity index (χ2n) is 3.48.